The highest BCUT2D eigenvalue weighted by atomic mass is 35.5. The quantitative estimate of drug-likeness (QED) is 0.220. The first kappa shape index (κ1) is 34.4. The highest BCUT2D eigenvalue weighted by Gasteiger charge is 2.36. The number of rotatable bonds is 11. The fraction of sp³-hybridized carbons (Fsp3) is 0.375. The van der Waals surface area contributed by atoms with Crippen molar-refractivity contribution in [2.24, 2.45) is 0 Å². The molecule has 3 aromatic carbocycles. The van der Waals surface area contributed by atoms with Crippen LogP contribution in [0.25, 0.3) is 0 Å². The summed E-state index contributed by atoms with van der Waals surface area (Å²) in [7, 11) is -4.31. The van der Waals surface area contributed by atoms with Gasteiger partial charge in [0.15, 0.2) is 0 Å². The number of amides is 2. The summed E-state index contributed by atoms with van der Waals surface area (Å²) in [5.41, 5.74) is 1.34. The smallest absolute Gasteiger partial charge is 0.264 e. The molecular weight excluding hydrogens is 664 g/mol. The van der Waals surface area contributed by atoms with E-state index in [-0.39, 0.29) is 45.5 Å². The van der Waals surface area contributed by atoms with E-state index in [4.69, 9.17) is 46.4 Å². The van der Waals surface area contributed by atoms with E-state index in [1.54, 1.807) is 43.3 Å². The fourth-order valence-corrected chi connectivity index (χ4v) is 7.74. The average Bonchev–Trinajstić information content (AvgIpc) is 2.99. The molecule has 44 heavy (non-hydrogen) atoms. The van der Waals surface area contributed by atoms with Crippen molar-refractivity contribution in [2.75, 3.05) is 10.8 Å². The molecule has 0 spiro atoms. The highest BCUT2D eigenvalue weighted by Crippen LogP contribution is 2.36. The maximum Gasteiger partial charge on any atom is 0.264 e. The van der Waals surface area contributed by atoms with Gasteiger partial charge in [0.1, 0.15) is 12.6 Å². The predicted molar refractivity (Wildman–Crippen MR) is 178 cm³/mol. The topological polar surface area (TPSA) is 86.8 Å². The monoisotopic (exact) mass is 697 g/mol. The standard InChI is InChI=1S/C32H35Cl4N3O4S/c1-3-28(32(41)37-22-9-5-4-6-10-22)38(19-24-25(33)11-7-12-26(24)34)30(40)20-39(29-14-8-13-27(35)31(29)36)44(42,43)23-17-15-21(2)16-18-23/h7-8,11-18,22,28H,3-6,9-10,19-20H2,1-2H3,(H,37,41). The summed E-state index contributed by atoms with van der Waals surface area (Å²) in [4.78, 5) is 29.4. The molecule has 3 aromatic rings. The second-order valence-electron chi connectivity index (χ2n) is 10.9. The molecule has 1 N–H and O–H groups in total. The third kappa shape index (κ3) is 8.01. The fourth-order valence-electron chi connectivity index (χ4n) is 5.35. The lowest BCUT2D eigenvalue weighted by atomic mass is 9.95. The van der Waals surface area contributed by atoms with E-state index in [0.29, 0.717) is 15.6 Å². The van der Waals surface area contributed by atoms with Crippen LogP contribution in [-0.4, -0.2) is 43.8 Å². The summed E-state index contributed by atoms with van der Waals surface area (Å²) >= 11 is 25.8. The molecule has 0 aliphatic heterocycles. The Morgan fingerprint density at radius 1 is 0.886 bits per heavy atom. The molecule has 2 amide bonds. The lowest BCUT2D eigenvalue weighted by Crippen LogP contribution is -2.54. The Morgan fingerprint density at radius 3 is 2.09 bits per heavy atom. The van der Waals surface area contributed by atoms with Crippen molar-refractivity contribution in [3.8, 4) is 0 Å². The van der Waals surface area contributed by atoms with E-state index in [9.17, 15) is 18.0 Å². The first-order valence-corrected chi connectivity index (χ1v) is 17.4. The summed E-state index contributed by atoms with van der Waals surface area (Å²) in [6.45, 7) is 2.86. The van der Waals surface area contributed by atoms with E-state index in [2.05, 4.69) is 5.32 Å². The number of nitrogens with one attached hydrogen (secondary N) is 1. The number of halogens is 4. The number of carbonyl (C=O) groups is 2. The molecule has 0 heterocycles. The van der Waals surface area contributed by atoms with E-state index >= 15 is 0 Å². The number of hydrogen-bond donors (Lipinski definition) is 1. The first-order chi connectivity index (χ1) is 20.9. The van der Waals surface area contributed by atoms with Crippen molar-refractivity contribution in [1.82, 2.24) is 10.2 Å². The summed E-state index contributed by atoms with van der Waals surface area (Å²) in [5, 5.41) is 3.85. The van der Waals surface area contributed by atoms with Crippen LogP contribution in [0.4, 0.5) is 5.69 Å². The Morgan fingerprint density at radius 2 is 1.48 bits per heavy atom. The van der Waals surface area contributed by atoms with Gasteiger partial charge in [0.2, 0.25) is 11.8 Å². The summed E-state index contributed by atoms with van der Waals surface area (Å²) in [5.74, 6) is -0.956. The second kappa shape index (κ2) is 15.2. The zero-order valence-electron chi connectivity index (χ0n) is 24.5. The molecule has 1 aliphatic carbocycles. The number of sulfonamides is 1. The van der Waals surface area contributed by atoms with Gasteiger partial charge in [0.25, 0.3) is 10.0 Å². The minimum Gasteiger partial charge on any atom is -0.352 e. The zero-order chi connectivity index (χ0) is 32.0. The van der Waals surface area contributed by atoms with Crippen LogP contribution in [-0.2, 0) is 26.2 Å². The maximum atomic E-state index is 14.4. The average molecular weight is 700 g/mol. The van der Waals surface area contributed by atoms with Gasteiger partial charge in [0, 0.05) is 28.2 Å². The van der Waals surface area contributed by atoms with E-state index in [1.807, 2.05) is 6.92 Å². The number of carbonyl (C=O) groups excluding carboxylic acids is 2. The van der Waals surface area contributed by atoms with Crippen LogP contribution in [0.15, 0.2) is 65.6 Å². The molecule has 12 heteroatoms. The normalized spacial score (nSPS) is 14.6. The molecule has 4 rings (SSSR count). The van der Waals surface area contributed by atoms with Crippen LogP contribution < -0.4 is 9.62 Å². The minimum absolute atomic E-state index is 0.00911. The van der Waals surface area contributed by atoms with Crippen LogP contribution in [0.5, 0.6) is 0 Å². The van der Waals surface area contributed by atoms with Gasteiger partial charge in [-0.25, -0.2) is 8.42 Å². The third-order valence-corrected chi connectivity index (χ3v) is 11.1. The van der Waals surface area contributed by atoms with Gasteiger partial charge in [-0.1, -0.05) is 102 Å². The third-order valence-electron chi connectivity index (χ3n) is 7.82. The molecule has 1 saturated carbocycles. The van der Waals surface area contributed by atoms with Crippen molar-refractivity contribution in [3.05, 3.63) is 91.9 Å². The molecule has 0 bridgehead atoms. The zero-order valence-corrected chi connectivity index (χ0v) is 28.4. The van der Waals surface area contributed by atoms with Gasteiger partial charge >= 0.3 is 0 Å². The number of benzene rings is 3. The van der Waals surface area contributed by atoms with Gasteiger partial charge in [-0.3, -0.25) is 13.9 Å². The predicted octanol–water partition coefficient (Wildman–Crippen LogP) is 8.06. The van der Waals surface area contributed by atoms with Gasteiger partial charge in [-0.2, -0.15) is 0 Å². The molecule has 0 radical (unpaired) electrons. The van der Waals surface area contributed by atoms with Gasteiger partial charge < -0.3 is 10.2 Å². The van der Waals surface area contributed by atoms with Crippen molar-refractivity contribution >= 4 is 73.9 Å². The highest BCUT2D eigenvalue weighted by molar-refractivity contribution is 7.92. The van der Waals surface area contributed by atoms with Crippen molar-refractivity contribution in [3.63, 3.8) is 0 Å². The SMILES string of the molecule is CCC(C(=O)NC1CCCCC1)N(Cc1c(Cl)cccc1Cl)C(=O)CN(c1cccc(Cl)c1Cl)S(=O)(=O)c1ccc(C)cc1. The van der Waals surface area contributed by atoms with Gasteiger partial charge in [-0.05, 0) is 62.6 Å². The lowest BCUT2D eigenvalue weighted by molar-refractivity contribution is -0.140. The number of nitrogens with zero attached hydrogens (tertiary/aromatic N) is 2. The van der Waals surface area contributed by atoms with E-state index < -0.39 is 28.5 Å². The molecule has 1 aliphatic rings. The van der Waals surface area contributed by atoms with Crippen molar-refractivity contribution in [2.45, 2.75) is 75.9 Å². The lowest BCUT2D eigenvalue weighted by Gasteiger charge is -2.35. The second-order valence-corrected chi connectivity index (χ2v) is 14.3. The van der Waals surface area contributed by atoms with Crippen LogP contribution >= 0.6 is 46.4 Å². The molecule has 1 unspecified atom stereocenters. The maximum absolute atomic E-state index is 14.4. The largest absolute Gasteiger partial charge is 0.352 e. The minimum atomic E-state index is -4.31. The molecule has 0 saturated heterocycles. The van der Waals surface area contributed by atoms with E-state index in [1.165, 1.54) is 29.2 Å². The van der Waals surface area contributed by atoms with Crippen LogP contribution in [0.3, 0.4) is 0 Å². The first-order valence-electron chi connectivity index (χ1n) is 14.5. The summed E-state index contributed by atoms with van der Waals surface area (Å²) < 4.78 is 29.1. The number of aryl methyl sites for hydroxylation is 1. The molecule has 236 valence electrons. The summed E-state index contributed by atoms with van der Waals surface area (Å²) in [6.07, 6.45) is 5.16. The Hall–Kier alpha value is -2.49. The Kier molecular flexibility index (Phi) is 11.9. The Labute approximate surface area is 279 Å². The van der Waals surface area contributed by atoms with Gasteiger partial charge in [0.05, 0.1) is 20.6 Å². The Balaban J connectivity index is 1.77. The van der Waals surface area contributed by atoms with Crippen LogP contribution in [0, 0.1) is 6.92 Å². The van der Waals surface area contributed by atoms with Crippen molar-refractivity contribution in [1.29, 1.82) is 0 Å². The van der Waals surface area contributed by atoms with Crippen LogP contribution in [0.2, 0.25) is 20.1 Å². The molecular formula is C32H35Cl4N3O4S. The number of anilines is 1. The molecule has 1 fully saturated rings. The van der Waals surface area contributed by atoms with Crippen LogP contribution in [0.1, 0.15) is 56.6 Å². The Bertz CT molecular complexity index is 1580. The number of hydrogen-bond acceptors (Lipinski definition) is 4. The van der Waals surface area contributed by atoms with Gasteiger partial charge in [-0.15, -0.1) is 0 Å². The van der Waals surface area contributed by atoms with Crippen molar-refractivity contribution < 1.29 is 18.0 Å². The molecule has 7 nitrogen and oxygen atoms in total. The van der Waals surface area contributed by atoms with E-state index in [0.717, 1.165) is 42.0 Å². The summed E-state index contributed by atoms with van der Waals surface area (Å²) in [6, 6.07) is 14.9. The molecule has 1 atom stereocenters. The molecule has 0 aromatic heterocycles.